The molecule has 0 bridgehead atoms. The Morgan fingerprint density at radius 2 is 2.08 bits per heavy atom. The van der Waals surface area contributed by atoms with Crippen LogP contribution in [0, 0.1) is 4.91 Å². The fraction of sp³-hybridized carbons (Fsp3) is 0.176. The molecule has 126 valence electrons. The van der Waals surface area contributed by atoms with Crippen LogP contribution in [0.15, 0.2) is 42.5 Å². The topological polar surface area (TPSA) is 83.0 Å². The van der Waals surface area contributed by atoms with Crippen molar-refractivity contribution < 1.29 is 10.1 Å². The van der Waals surface area contributed by atoms with Crippen LogP contribution in [0.1, 0.15) is 18.7 Å². The van der Waals surface area contributed by atoms with Gasteiger partial charge in [0, 0.05) is 23.6 Å². The molecule has 0 amide bonds. The van der Waals surface area contributed by atoms with Gasteiger partial charge in [-0.3, -0.25) is 4.57 Å². The Hall–Kier alpha value is -2.93. The van der Waals surface area contributed by atoms with Gasteiger partial charge in [-0.25, -0.2) is 5.21 Å². The SMILES string of the molecule is CC1CNc2cc(Cl)ccc2-n2c(-c3ccccc3[N+](=O)O)nnc21. The molecule has 25 heavy (non-hydrogen) atoms. The van der Waals surface area contributed by atoms with Crippen LogP contribution in [0.4, 0.5) is 11.4 Å². The van der Waals surface area contributed by atoms with Gasteiger partial charge in [0.15, 0.2) is 5.82 Å². The summed E-state index contributed by atoms with van der Waals surface area (Å²) in [6.45, 7) is 2.73. The van der Waals surface area contributed by atoms with Crippen molar-refractivity contribution in [2.24, 2.45) is 0 Å². The Kier molecular flexibility index (Phi) is 3.65. The first kappa shape index (κ1) is 15.6. The van der Waals surface area contributed by atoms with Crippen LogP contribution in [-0.4, -0.2) is 31.4 Å². The molecule has 8 heteroatoms. The summed E-state index contributed by atoms with van der Waals surface area (Å²) in [5.41, 5.74) is 2.31. The van der Waals surface area contributed by atoms with Crippen molar-refractivity contribution in [2.45, 2.75) is 12.8 Å². The Bertz CT molecular complexity index is 985. The number of nitrogens with one attached hydrogen (secondary N) is 1. The summed E-state index contributed by atoms with van der Waals surface area (Å²) >= 11 is 6.13. The number of aromatic nitrogens is 3. The van der Waals surface area contributed by atoms with E-state index in [1.54, 1.807) is 24.3 Å². The standard InChI is InChI=1S/C17H15ClN5O2/c1-10-9-19-13-8-11(18)6-7-15(13)22-16(10)20-21-17(22)12-4-2-3-5-14(12)23(24)25/h2-8,10,19H,9H2,1H3,(H,24,25)/q+1. The Balaban J connectivity index is 2.02. The average molecular weight is 357 g/mol. The molecule has 2 heterocycles. The quantitative estimate of drug-likeness (QED) is 0.680. The van der Waals surface area contributed by atoms with E-state index in [1.807, 2.05) is 23.6 Å². The van der Waals surface area contributed by atoms with Gasteiger partial charge in [0.25, 0.3) is 4.92 Å². The van der Waals surface area contributed by atoms with Crippen LogP contribution in [0.25, 0.3) is 17.1 Å². The van der Waals surface area contributed by atoms with Crippen molar-refractivity contribution in [3.63, 3.8) is 0 Å². The number of halogens is 1. The summed E-state index contributed by atoms with van der Waals surface area (Å²) in [7, 11) is 0. The zero-order valence-electron chi connectivity index (χ0n) is 13.3. The van der Waals surface area contributed by atoms with E-state index in [2.05, 4.69) is 15.5 Å². The second kappa shape index (κ2) is 5.86. The van der Waals surface area contributed by atoms with Crippen LogP contribution < -0.4 is 5.32 Å². The molecule has 1 aliphatic rings. The van der Waals surface area contributed by atoms with E-state index in [1.165, 1.54) is 6.07 Å². The fourth-order valence-corrected chi connectivity index (χ4v) is 3.23. The summed E-state index contributed by atoms with van der Waals surface area (Å²) < 4.78 is 1.90. The third-order valence-electron chi connectivity index (χ3n) is 4.28. The maximum absolute atomic E-state index is 11.5. The molecule has 1 atom stereocenters. The number of hydrogen-bond acceptors (Lipinski definition) is 4. The van der Waals surface area contributed by atoms with Crippen LogP contribution in [-0.2, 0) is 0 Å². The summed E-state index contributed by atoms with van der Waals surface area (Å²) in [5.74, 6) is 1.35. The molecule has 2 aromatic carbocycles. The molecule has 3 aromatic rings. The average Bonchev–Trinajstić information content (AvgIpc) is 2.99. The number of hydrogen-bond donors (Lipinski definition) is 2. The molecule has 1 unspecified atom stereocenters. The molecule has 0 saturated heterocycles. The van der Waals surface area contributed by atoms with Gasteiger partial charge in [-0.15, -0.1) is 10.2 Å². The van der Waals surface area contributed by atoms with Gasteiger partial charge < -0.3 is 5.32 Å². The van der Waals surface area contributed by atoms with Crippen LogP contribution >= 0.6 is 11.6 Å². The lowest BCUT2D eigenvalue weighted by Gasteiger charge is -2.12. The highest BCUT2D eigenvalue weighted by atomic mass is 35.5. The van der Waals surface area contributed by atoms with Crippen molar-refractivity contribution in [3.05, 3.63) is 58.2 Å². The van der Waals surface area contributed by atoms with Crippen LogP contribution in [0.5, 0.6) is 0 Å². The highest BCUT2D eigenvalue weighted by molar-refractivity contribution is 6.31. The second-order valence-corrected chi connectivity index (χ2v) is 6.39. The van der Waals surface area contributed by atoms with E-state index in [9.17, 15) is 10.1 Å². The zero-order chi connectivity index (χ0) is 17.6. The van der Waals surface area contributed by atoms with E-state index in [0.717, 1.165) is 17.2 Å². The summed E-state index contributed by atoms with van der Waals surface area (Å²) in [6.07, 6.45) is 0. The van der Waals surface area contributed by atoms with Gasteiger partial charge >= 0.3 is 5.69 Å². The van der Waals surface area contributed by atoms with Crippen LogP contribution in [0.2, 0.25) is 5.02 Å². The monoisotopic (exact) mass is 356 g/mol. The summed E-state index contributed by atoms with van der Waals surface area (Å²) in [4.78, 5) is 11.4. The smallest absolute Gasteiger partial charge is 0.327 e. The summed E-state index contributed by atoms with van der Waals surface area (Å²) in [6, 6.07) is 12.2. The van der Waals surface area contributed by atoms with E-state index >= 15 is 0 Å². The van der Waals surface area contributed by atoms with Crippen molar-refractivity contribution in [2.75, 3.05) is 11.9 Å². The lowest BCUT2D eigenvalue weighted by Crippen LogP contribution is -2.09. The minimum Gasteiger partial charge on any atom is -0.383 e. The van der Waals surface area contributed by atoms with Crippen molar-refractivity contribution in [3.8, 4) is 17.1 Å². The molecule has 1 aromatic heterocycles. The Labute approximate surface area is 148 Å². The lowest BCUT2D eigenvalue weighted by molar-refractivity contribution is -0.729. The molecule has 0 radical (unpaired) electrons. The van der Waals surface area contributed by atoms with E-state index in [-0.39, 0.29) is 16.5 Å². The molecule has 4 rings (SSSR count). The molecule has 7 nitrogen and oxygen atoms in total. The third-order valence-corrected chi connectivity index (χ3v) is 4.51. The number of anilines is 1. The molecule has 1 aliphatic heterocycles. The lowest BCUT2D eigenvalue weighted by atomic mass is 10.1. The normalized spacial score (nSPS) is 15.7. The number of rotatable bonds is 2. The number of para-hydroxylation sites is 1. The maximum atomic E-state index is 11.5. The second-order valence-electron chi connectivity index (χ2n) is 5.95. The van der Waals surface area contributed by atoms with E-state index in [4.69, 9.17) is 11.6 Å². The van der Waals surface area contributed by atoms with Gasteiger partial charge in [-0.05, 0) is 24.3 Å². The predicted molar refractivity (Wildman–Crippen MR) is 93.8 cm³/mol. The van der Waals surface area contributed by atoms with Crippen molar-refractivity contribution >= 4 is 23.0 Å². The Morgan fingerprint density at radius 3 is 2.88 bits per heavy atom. The van der Waals surface area contributed by atoms with Gasteiger partial charge in [0.05, 0.1) is 16.3 Å². The Morgan fingerprint density at radius 1 is 1.28 bits per heavy atom. The molecule has 0 fully saturated rings. The van der Waals surface area contributed by atoms with Gasteiger partial charge in [-0.2, -0.15) is 0 Å². The third kappa shape index (κ3) is 2.53. The molecule has 0 aliphatic carbocycles. The number of nitrogens with zero attached hydrogens (tertiary/aromatic N) is 4. The zero-order valence-corrected chi connectivity index (χ0v) is 14.1. The molecular weight excluding hydrogens is 342 g/mol. The summed E-state index contributed by atoms with van der Waals surface area (Å²) in [5, 5.41) is 22.1. The maximum Gasteiger partial charge on any atom is 0.327 e. The van der Waals surface area contributed by atoms with Crippen molar-refractivity contribution in [1.82, 2.24) is 14.8 Å². The molecular formula is C17H15ClN5O2+. The highest BCUT2D eigenvalue weighted by Gasteiger charge is 2.29. The molecule has 2 N–H and O–H groups in total. The number of benzene rings is 2. The minimum absolute atomic E-state index is 0.0945. The highest BCUT2D eigenvalue weighted by Crippen LogP contribution is 2.37. The first-order valence-electron chi connectivity index (χ1n) is 7.81. The minimum atomic E-state index is -0.155. The first-order chi connectivity index (χ1) is 12.1. The molecule has 0 spiro atoms. The molecule has 0 saturated carbocycles. The van der Waals surface area contributed by atoms with Crippen molar-refractivity contribution in [1.29, 1.82) is 0 Å². The largest absolute Gasteiger partial charge is 0.383 e. The van der Waals surface area contributed by atoms with Gasteiger partial charge in [0.1, 0.15) is 11.4 Å². The van der Waals surface area contributed by atoms with E-state index in [0.29, 0.717) is 23.0 Å². The van der Waals surface area contributed by atoms with Gasteiger partial charge in [-0.1, -0.05) is 30.7 Å². The fourth-order valence-electron chi connectivity index (χ4n) is 3.06. The first-order valence-corrected chi connectivity index (χ1v) is 8.18. The predicted octanol–water partition coefficient (Wildman–Crippen LogP) is 3.92. The van der Waals surface area contributed by atoms with Gasteiger partial charge in [0.2, 0.25) is 0 Å². The van der Waals surface area contributed by atoms with Crippen LogP contribution in [0.3, 0.4) is 0 Å². The number of fused-ring (bicyclic) bond motifs is 3. The van der Waals surface area contributed by atoms with E-state index < -0.39 is 0 Å².